The van der Waals surface area contributed by atoms with Crippen LogP contribution in [0.15, 0.2) is 48.1 Å². The Bertz CT molecular complexity index is 757. The van der Waals surface area contributed by atoms with Crippen molar-refractivity contribution in [2.45, 2.75) is 24.8 Å². The Morgan fingerprint density at radius 1 is 1.24 bits per heavy atom. The molecule has 0 saturated carbocycles. The van der Waals surface area contributed by atoms with Crippen LogP contribution in [0.25, 0.3) is 5.69 Å². The first-order chi connectivity index (χ1) is 10.1. The Balaban J connectivity index is 1.85. The van der Waals surface area contributed by atoms with E-state index in [0.29, 0.717) is 0 Å². The van der Waals surface area contributed by atoms with Gasteiger partial charge in [-0.25, -0.2) is 4.98 Å². The molecule has 21 heavy (non-hydrogen) atoms. The van der Waals surface area contributed by atoms with Gasteiger partial charge in [-0.05, 0) is 31.0 Å². The number of hydrogen-bond acceptors (Lipinski definition) is 3. The van der Waals surface area contributed by atoms with Crippen LogP contribution in [0.5, 0.6) is 0 Å². The van der Waals surface area contributed by atoms with Crippen LogP contribution in [0.1, 0.15) is 16.7 Å². The number of rotatable bonds is 4. The lowest BCUT2D eigenvalue weighted by Crippen LogP contribution is -1.99. The van der Waals surface area contributed by atoms with Crippen molar-refractivity contribution < 1.29 is 0 Å². The lowest BCUT2D eigenvalue weighted by molar-refractivity contribution is 0.767. The second kappa shape index (κ2) is 5.77. The maximum absolute atomic E-state index is 4.48. The second-order valence-electron chi connectivity index (χ2n) is 5.11. The van der Waals surface area contributed by atoms with Crippen molar-refractivity contribution in [3.8, 4) is 5.69 Å². The van der Waals surface area contributed by atoms with E-state index in [4.69, 9.17) is 0 Å². The van der Waals surface area contributed by atoms with Crippen molar-refractivity contribution in [1.82, 2.24) is 19.3 Å². The van der Waals surface area contributed by atoms with E-state index >= 15 is 0 Å². The Kier molecular flexibility index (Phi) is 3.84. The fraction of sp³-hybridized carbons (Fsp3) is 0.250. The molecule has 3 rings (SSSR count). The van der Waals surface area contributed by atoms with Crippen molar-refractivity contribution >= 4 is 11.8 Å². The quantitative estimate of drug-likeness (QED) is 0.691. The minimum Gasteiger partial charge on any atom is -0.295 e. The summed E-state index contributed by atoms with van der Waals surface area (Å²) in [5.41, 5.74) is 4.99. The fourth-order valence-electron chi connectivity index (χ4n) is 2.27. The van der Waals surface area contributed by atoms with Crippen LogP contribution in [0.4, 0.5) is 0 Å². The molecule has 0 fully saturated rings. The number of thioether (sulfide) groups is 1. The predicted molar refractivity (Wildman–Crippen MR) is 85.8 cm³/mol. The highest BCUT2D eigenvalue weighted by atomic mass is 32.2. The summed E-state index contributed by atoms with van der Waals surface area (Å²) in [7, 11) is 1.94. The van der Waals surface area contributed by atoms with Crippen LogP contribution in [0, 0.1) is 13.8 Å². The summed E-state index contributed by atoms with van der Waals surface area (Å²) in [6.07, 6.45) is 7.82. The third-order valence-corrected chi connectivity index (χ3v) is 4.61. The largest absolute Gasteiger partial charge is 0.295 e. The first-order valence-corrected chi connectivity index (χ1v) is 7.84. The molecule has 0 atom stereocenters. The molecular formula is C16H18N4S. The van der Waals surface area contributed by atoms with Crippen molar-refractivity contribution in [3.63, 3.8) is 0 Å². The van der Waals surface area contributed by atoms with E-state index in [9.17, 15) is 0 Å². The molecule has 0 N–H and O–H groups in total. The summed E-state index contributed by atoms with van der Waals surface area (Å²) in [5.74, 6) is 0.871. The van der Waals surface area contributed by atoms with Gasteiger partial charge in [-0.1, -0.05) is 23.9 Å². The van der Waals surface area contributed by atoms with Gasteiger partial charge in [-0.2, -0.15) is 5.10 Å². The van der Waals surface area contributed by atoms with Crippen LogP contribution in [-0.4, -0.2) is 19.3 Å². The SMILES string of the molecule is Cc1cccc(-n2ccnc2SCc2cnn(C)c2)c1C. The fourth-order valence-corrected chi connectivity index (χ4v) is 3.15. The Morgan fingerprint density at radius 3 is 2.86 bits per heavy atom. The van der Waals surface area contributed by atoms with E-state index in [1.807, 2.05) is 36.5 Å². The molecule has 108 valence electrons. The smallest absolute Gasteiger partial charge is 0.172 e. The lowest BCUT2D eigenvalue weighted by atomic mass is 10.1. The van der Waals surface area contributed by atoms with Crippen LogP contribution >= 0.6 is 11.8 Å². The molecule has 1 aromatic carbocycles. The molecule has 5 heteroatoms. The van der Waals surface area contributed by atoms with Crippen LogP contribution in [0.2, 0.25) is 0 Å². The average molecular weight is 298 g/mol. The van der Waals surface area contributed by atoms with Gasteiger partial charge in [0.25, 0.3) is 0 Å². The van der Waals surface area contributed by atoms with Crippen LogP contribution in [0.3, 0.4) is 0 Å². The average Bonchev–Trinajstić information content (AvgIpc) is 3.08. The molecule has 0 amide bonds. The number of imidazole rings is 1. The molecular weight excluding hydrogens is 280 g/mol. The first kappa shape index (κ1) is 13.9. The standard InChI is InChI=1S/C16H18N4S/c1-12-5-4-6-15(13(12)2)20-8-7-17-16(20)21-11-14-9-18-19(3)10-14/h4-10H,11H2,1-3H3. The molecule has 0 spiro atoms. The van der Waals surface area contributed by atoms with Crippen molar-refractivity contribution in [2.75, 3.05) is 0 Å². The summed E-state index contributed by atoms with van der Waals surface area (Å²) in [4.78, 5) is 4.48. The van der Waals surface area contributed by atoms with Crippen molar-refractivity contribution in [1.29, 1.82) is 0 Å². The number of hydrogen-bond donors (Lipinski definition) is 0. The van der Waals surface area contributed by atoms with E-state index < -0.39 is 0 Å². The molecule has 0 aliphatic rings. The predicted octanol–water partition coefficient (Wildman–Crippen LogP) is 3.51. The number of aryl methyl sites for hydroxylation is 2. The molecule has 0 unspecified atom stereocenters. The topological polar surface area (TPSA) is 35.6 Å². The highest BCUT2D eigenvalue weighted by Gasteiger charge is 2.09. The molecule has 0 aliphatic carbocycles. The zero-order chi connectivity index (χ0) is 14.8. The van der Waals surface area contributed by atoms with Gasteiger partial charge in [-0.3, -0.25) is 9.25 Å². The van der Waals surface area contributed by atoms with Crippen LogP contribution in [-0.2, 0) is 12.8 Å². The minimum absolute atomic E-state index is 0.871. The Hall–Kier alpha value is -2.01. The highest BCUT2D eigenvalue weighted by Crippen LogP contribution is 2.26. The maximum Gasteiger partial charge on any atom is 0.172 e. The molecule has 0 aliphatic heterocycles. The molecule has 2 heterocycles. The Labute approximate surface area is 128 Å². The monoisotopic (exact) mass is 298 g/mol. The molecule has 4 nitrogen and oxygen atoms in total. The number of aromatic nitrogens is 4. The van der Waals surface area contributed by atoms with E-state index in [1.54, 1.807) is 11.8 Å². The maximum atomic E-state index is 4.48. The van der Waals surface area contributed by atoms with Gasteiger partial charge < -0.3 is 0 Å². The molecule has 0 saturated heterocycles. The zero-order valence-corrected chi connectivity index (χ0v) is 13.3. The van der Waals surface area contributed by atoms with Gasteiger partial charge in [0.2, 0.25) is 0 Å². The van der Waals surface area contributed by atoms with Gasteiger partial charge >= 0.3 is 0 Å². The van der Waals surface area contributed by atoms with Gasteiger partial charge in [0.05, 0.1) is 11.9 Å². The van der Waals surface area contributed by atoms with Crippen LogP contribution < -0.4 is 0 Å². The van der Waals surface area contributed by atoms with Crippen molar-refractivity contribution in [2.24, 2.45) is 7.05 Å². The zero-order valence-electron chi connectivity index (χ0n) is 12.4. The summed E-state index contributed by atoms with van der Waals surface area (Å²) < 4.78 is 3.98. The van der Waals surface area contributed by atoms with E-state index in [1.165, 1.54) is 22.4 Å². The van der Waals surface area contributed by atoms with Gasteiger partial charge in [0, 0.05) is 37.0 Å². The van der Waals surface area contributed by atoms with E-state index in [2.05, 4.69) is 46.7 Å². The normalized spacial score (nSPS) is 11.0. The third-order valence-electron chi connectivity index (χ3n) is 3.57. The van der Waals surface area contributed by atoms with E-state index in [-0.39, 0.29) is 0 Å². The first-order valence-electron chi connectivity index (χ1n) is 6.85. The van der Waals surface area contributed by atoms with Gasteiger partial charge in [0.1, 0.15) is 0 Å². The summed E-state index contributed by atoms with van der Waals surface area (Å²) in [6, 6.07) is 6.36. The van der Waals surface area contributed by atoms with Gasteiger partial charge in [-0.15, -0.1) is 0 Å². The Morgan fingerprint density at radius 2 is 2.10 bits per heavy atom. The molecule has 2 aromatic heterocycles. The minimum atomic E-state index is 0.871. The number of nitrogens with zero attached hydrogens (tertiary/aromatic N) is 4. The molecule has 0 bridgehead atoms. The number of benzene rings is 1. The summed E-state index contributed by atoms with van der Waals surface area (Å²) in [6.45, 7) is 4.29. The third kappa shape index (κ3) is 2.88. The highest BCUT2D eigenvalue weighted by molar-refractivity contribution is 7.98. The van der Waals surface area contributed by atoms with E-state index in [0.717, 1.165) is 10.9 Å². The second-order valence-corrected chi connectivity index (χ2v) is 6.05. The lowest BCUT2D eigenvalue weighted by Gasteiger charge is -2.12. The van der Waals surface area contributed by atoms with Crippen molar-refractivity contribution in [3.05, 3.63) is 59.7 Å². The van der Waals surface area contributed by atoms with Gasteiger partial charge in [0.15, 0.2) is 5.16 Å². The summed E-state index contributed by atoms with van der Waals surface area (Å²) >= 11 is 1.73. The molecule has 3 aromatic rings. The molecule has 0 radical (unpaired) electrons. The summed E-state index contributed by atoms with van der Waals surface area (Å²) in [5, 5.41) is 5.21.